The number of likely N-dealkylation sites (tertiary alicyclic amines) is 1. The second kappa shape index (κ2) is 9.14. The maximum absolute atomic E-state index is 13.2. The van der Waals surface area contributed by atoms with Gasteiger partial charge in [-0.15, -0.1) is 0 Å². The average Bonchev–Trinajstić information content (AvgIpc) is 3.57. The van der Waals surface area contributed by atoms with Crippen LogP contribution in [0.15, 0.2) is 48.7 Å². The van der Waals surface area contributed by atoms with E-state index in [1.807, 2.05) is 11.0 Å². The van der Waals surface area contributed by atoms with Crippen LogP contribution in [-0.4, -0.2) is 77.9 Å². The summed E-state index contributed by atoms with van der Waals surface area (Å²) in [5.74, 6) is 0.785. The topological polar surface area (TPSA) is 66.0 Å². The molecule has 1 aromatic heterocycles. The van der Waals surface area contributed by atoms with Crippen molar-refractivity contribution in [3.8, 4) is 5.88 Å². The highest BCUT2D eigenvalue weighted by molar-refractivity contribution is 5.96. The van der Waals surface area contributed by atoms with Crippen molar-refractivity contribution in [1.29, 1.82) is 0 Å². The van der Waals surface area contributed by atoms with Crippen molar-refractivity contribution in [3.05, 3.63) is 59.8 Å². The molecule has 0 N–H and O–H groups in total. The van der Waals surface area contributed by atoms with Gasteiger partial charge in [0.2, 0.25) is 11.8 Å². The molecule has 1 saturated carbocycles. The minimum absolute atomic E-state index is 0.0344. The van der Waals surface area contributed by atoms with Crippen molar-refractivity contribution in [2.24, 2.45) is 11.3 Å². The number of carbonyl (C=O) groups is 2. The Bertz CT molecular complexity index is 996. The second-order valence-electron chi connectivity index (χ2n) is 9.56. The summed E-state index contributed by atoms with van der Waals surface area (Å²) < 4.78 is 5.25. The molecule has 0 bridgehead atoms. The van der Waals surface area contributed by atoms with Gasteiger partial charge in [-0.2, -0.15) is 0 Å². The Morgan fingerprint density at radius 1 is 0.970 bits per heavy atom. The molecule has 5 rings (SSSR count). The van der Waals surface area contributed by atoms with Gasteiger partial charge in [-0.05, 0) is 42.4 Å². The number of piperidine rings is 1. The molecule has 3 aliphatic rings. The van der Waals surface area contributed by atoms with Crippen molar-refractivity contribution in [3.63, 3.8) is 0 Å². The highest BCUT2D eigenvalue weighted by atomic mass is 16.5. The van der Waals surface area contributed by atoms with E-state index in [-0.39, 0.29) is 17.2 Å². The van der Waals surface area contributed by atoms with Gasteiger partial charge in [0.15, 0.2) is 0 Å². The molecule has 2 amide bonds. The van der Waals surface area contributed by atoms with Gasteiger partial charge in [0.1, 0.15) is 5.56 Å². The molecule has 33 heavy (non-hydrogen) atoms. The first kappa shape index (κ1) is 21.9. The predicted molar refractivity (Wildman–Crippen MR) is 125 cm³/mol. The Hall–Kier alpha value is -2.93. The molecule has 2 aromatic rings. The summed E-state index contributed by atoms with van der Waals surface area (Å²) in [5.41, 5.74) is 1.92. The molecule has 2 aliphatic heterocycles. The lowest BCUT2D eigenvalue weighted by Gasteiger charge is -2.36. The van der Waals surface area contributed by atoms with Crippen molar-refractivity contribution in [1.82, 2.24) is 19.7 Å². The molecule has 174 valence electrons. The van der Waals surface area contributed by atoms with Gasteiger partial charge in [0.25, 0.3) is 5.91 Å². The highest BCUT2D eigenvalue weighted by Crippen LogP contribution is 2.60. The van der Waals surface area contributed by atoms with Crippen LogP contribution in [0.3, 0.4) is 0 Å². The van der Waals surface area contributed by atoms with E-state index in [0.717, 1.165) is 52.0 Å². The summed E-state index contributed by atoms with van der Waals surface area (Å²) in [4.78, 5) is 36.7. The number of carbonyl (C=O) groups excluding carboxylic acids is 2. The molecule has 2 saturated heterocycles. The lowest BCUT2D eigenvalue weighted by atomic mass is 9.90. The van der Waals surface area contributed by atoms with E-state index in [1.54, 1.807) is 18.3 Å². The number of nitrogens with zero attached hydrogens (tertiary/aromatic N) is 4. The third-order valence-corrected chi connectivity index (χ3v) is 7.66. The fourth-order valence-corrected chi connectivity index (χ4v) is 5.48. The maximum atomic E-state index is 13.2. The van der Waals surface area contributed by atoms with Crippen LogP contribution in [0.5, 0.6) is 5.88 Å². The fraction of sp³-hybridized carbons (Fsp3) is 0.500. The minimum atomic E-state index is -0.0344. The van der Waals surface area contributed by atoms with Gasteiger partial charge in [-0.3, -0.25) is 14.5 Å². The van der Waals surface area contributed by atoms with Crippen molar-refractivity contribution in [2.75, 3.05) is 46.4 Å². The van der Waals surface area contributed by atoms with Crippen LogP contribution in [0, 0.1) is 11.3 Å². The number of amides is 2. The van der Waals surface area contributed by atoms with Crippen LogP contribution >= 0.6 is 0 Å². The Kier molecular flexibility index (Phi) is 6.06. The van der Waals surface area contributed by atoms with E-state index in [4.69, 9.17) is 4.74 Å². The number of benzene rings is 1. The number of methoxy groups -OCH3 is 1. The van der Waals surface area contributed by atoms with Crippen LogP contribution in [0.2, 0.25) is 0 Å². The zero-order valence-electron chi connectivity index (χ0n) is 19.3. The summed E-state index contributed by atoms with van der Waals surface area (Å²) in [6.07, 6.45) is 4.38. The highest BCUT2D eigenvalue weighted by Gasteiger charge is 2.59. The van der Waals surface area contributed by atoms with Crippen molar-refractivity contribution >= 4 is 11.8 Å². The number of hydrogen-bond donors (Lipinski definition) is 0. The zero-order chi connectivity index (χ0) is 22.8. The smallest absolute Gasteiger partial charge is 0.259 e. The Morgan fingerprint density at radius 3 is 2.39 bits per heavy atom. The molecule has 1 aromatic carbocycles. The molecular weight excluding hydrogens is 416 g/mol. The van der Waals surface area contributed by atoms with E-state index >= 15 is 0 Å². The third kappa shape index (κ3) is 4.47. The average molecular weight is 449 g/mol. The number of ether oxygens (including phenoxy) is 1. The summed E-state index contributed by atoms with van der Waals surface area (Å²) >= 11 is 0. The van der Waals surface area contributed by atoms with E-state index in [9.17, 15) is 9.59 Å². The van der Waals surface area contributed by atoms with E-state index in [0.29, 0.717) is 30.4 Å². The Morgan fingerprint density at radius 2 is 1.70 bits per heavy atom. The fourth-order valence-electron chi connectivity index (χ4n) is 5.48. The van der Waals surface area contributed by atoms with Gasteiger partial charge < -0.3 is 14.5 Å². The molecular formula is C26H32N4O3. The van der Waals surface area contributed by atoms with Crippen LogP contribution in [0.4, 0.5) is 0 Å². The quantitative estimate of drug-likeness (QED) is 0.704. The molecule has 1 atom stereocenters. The van der Waals surface area contributed by atoms with Gasteiger partial charge in [0, 0.05) is 57.9 Å². The van der Waals surface area contributed by atoms with Gasteiger partial charge in [0.05, 0.1) is 7.11 Å². The molecule has 7 heteroatoms. The van der Waals surface area contributed by atoms with Crippen LogP contribution in [-0.2, 0) is 11.3 Å². The largest absolute Gasteiger partial charge is 0.480 e. The van der Waals surface area contributed by atoms with Crippen LogP contribution in [0.1, 0.15) is 35.2 Å². The Labute approximate surface area is 195 Å². The Balaban J connectivity index is 1.11. The summed E-state index contributed by atoms with van der Waals surface area (Å²) in [7, 11) is 1.53. The molecule has 0 radical (unpaired) electrons. The first-order valence-electron chi connectivity index (χ1n) is 11.9. The lowest BCUT2D eigenvalue weighted by Crippen LogP contribution is -2.49. The molecule has 3 fully saturated rings. The van der Waals surface area contributed by atoms with Gasteiger partial charge >= 0.3 is 0 Å². The van der Waals surface area contributed by atoms with E-state index < -0.39 is 0 Å². The minimum Gasteiger partial charge on any atom is -0.480 e. The second-order valence-corrected chi connectivity index (χ2v) is 9.56. The first-order chi connectivity index (χ1) is 16.1. The number of hydrogen-bond acceptors (Lipinski definition) is 5. The van der Waals surface area contributed by atoms with Crippen LogP contribution in [0.25, 0.3) is 0 Å². The van der Waals surface area contributed by atoms with Crippen LogP contribution < -0.4 is 4.74 Å². The summed E-state index contributed by atoms with van der Waals surface area (Å²) in [6, 6.07) is 14.0. The first-order valence-corrected chi connectivity index (χ1v) is 11.9. The molecule has 7 nitrogen and oxygen atoms in total. The maximum Gasteiger partial charge on any atom is 0.259 e. The lowest BCUT2D eigenvalue weighted by molar-refractivity contribution is -0.135. The van der Waals surface area contributed by atoms with Gasteiger partial charge in [-0.25, -0.2) is 4.98 Å². The van der Waals surface area contributed by atoms with Gasteiger partial charge in [-0.1, -0.05) is 30.3 Å². The summed E-state index contributed by atoms with van der Waals surface area (Å²) in [6.45, 7) is 5.79. The third-order valence-electron chi connectivity index (χ3n) is 7.66. The van der Waals surface area contributed by atoms with Crippen molar-refractivity contribution < 1.29 is 14.3 Å². The molecule has 1 spiro atoms. The predicted octanol–water partition coefficient (Wildman–Crippen LogP) is 2.68. The normalized spacial score (nSPS) is 22.3. The SMILES string of the molecule is COc1ncccc1C(=O)N1CCC2(CC1)C[C@@H]2C(=O)N1CCN(Cc2ccccc2)CC1. The molecule has 1 aliphatic carbocycles. The molecule has 0 unspecified atom stereocenters. The number of pyridine rings is 1. The van der Waals surface area contributed by atoms with E-state index in [2.05, 4.69) is 39.0 Å². The monoisotopic (exact) mass is 448 g/mol. The molecule has 3 heterocycles. The number of piperazine rings is 1. The number of rotatable bonds is 5. The standard InChI is InChI=1S/C26H32N4O3/c1-33-23-21(8-5-11-27-23)24(31)29-12-9-26(10-13-29)18-22(26)25(32)30-16-14-28(15-17-30)19-20-6-3-2-4-7-20/h2-8,11,22H,9-10,12-19H2,1H3/t22-/m1/s1. The zero-order valence-corrected chi connectivity index (χ0v) is 19.3. The van der Waals surface area contributed by atoms with E-state index in [1.165, 1.54) is 12.7 Å². The summed E-state index contributed by atoms with van der Waals surface area (Å²) in [5, 5.41) is 0. The van der Waals surface area contributed by atoms with Crippen molar-refractivity contribution in [2.45, 2.75) is 25.8 Å². The number of aromatic nitrogens is 1.